The van der Waals surface area contributed by atoms with Crippen LogP contribution in [0.5, 0.6) is 0 Å². The number of halogens is 1. The minimum Gasteiger partial charge on any atom is -0.369 e. The Hall–Kier alpha value is 0.110. The van der Waals surface area contributed by atoms with Gasteiger partial charge in [0, 0.05) is 5.92 Å². The standard InChI is InChI=1S/C5H8BrO2/c1-3(2)4(7)5(6)8/h3,8H,1-2H3. The average Bonchev–Trinajstić information content (AvgIpc) is 1.64. The molecule has 0 aromatic rings. The molecule has 0 aromatic heterocycles. The molecule has 0 spiro atoms. The van der Waals surface area contributed by atoms with E-state index < -0.39 is 0 Å². The summed E-state index contributed by atoms with van der Waals surface area (Å²) in [6, 6.07) is 0. The number of hydrogen-bond acceptors (Lipinski definition) is 2. The largest absolute Gasteiger partial charge is 0.369 e. The minimum atomic E-state index is -0.285. The Morgan fingerprint density at radius 1 is 1.62 bits per heavy atom. The number of carbonyl (C=O) groups excluding carboxylic acids is 1. The van der Waals surface area contributed by atoms with Crippen molar-refractivity contribution in [3.05, 3.63) is 5.01 Å². The molecule has 0 bridgehead atoms. The Labute approximate surface area is 57.0 Å². The van der Waals surface area contributed by atoms with E-state index in [1.807, 2.05) is 0 Å². The molecule has 3 heteroatoms. The second-order valence-corrected chi connectivity index (χ2v) is 2.56. The maximum absolute atomic E-state index is 10.5. The number of rotatable bonds is 2. The van der Waals surface area contributed by atoms with E-state index >= 15 is 0 Å². The second kappa shape index (κ2) is 3.20. The lowest BCUT2D eigenvalue weighted by Crippen LogP contribution is -2.11. The molecule has 0 aliphatic carbocycles. The molecule has 47 valence electrons. The van der Waals surface area contributed by atoms with Gasteiger partial charge in [-0.1, -0.05) is 13.8 Å². The van der Waals surface area contributed by atoms with Crippen LogP contribution in [-0.4, -0.2) is 10.9 Å². The third kappa shape index (κ3) is 2.43. The monoisotopic (exact) mass is 179 g/mol. The van der Waals surface area contributed by atoms with Gasteiger partial charge in [0.1, 0.15) is 0 Å². The number of hydrogen-bond donors (Lipinski definition) is 1. The van der Waals surface area contributed by atoms with E-state index in [0.717, 1.165) is 0 Å². The highest BCUT2D eigenvalue weighted by Crippen LogP contribution is 2.11. The third-order valence-electron chi connectivity index (χ3n) is 0.728. The van der Waals surface area contributed by atoms with Gasteiger partial charge in [0.15, 0.2) is 5.78 Å². The van der Waals surface area contributed by atoms with Crippen molar-refractivity contribution >= 4 is 21.7 Å². The summed E-state index contributed by atoms with van der Waals surface area (Å²) in [5, 5.41) is 8.19. The Balaban J connectivity index is 3.65. The zero-order valence-electron chi connectivity index (χ0n) is 4.81. The second-order valence-electron chi connectivity index (χ2n) is 1.81. The van der Waals surface area contributed by atoms with Gasteiger partial charge < -0.3 is 5.11 Å². The molecule has 8 heavy (non-hydrogen) atoms. The first-order valence-electron chi connectivity index (χ1n) is 2.31. The van der Waals surface area contributed by atoms with Crippen LogP contribution in [0.15, 0.2) is 0 Å². The molecule has 0 rings (SSSR count). The summed E-state index contributed by atoms with van der Waals surface area (Å²) in [4.78, 5) is 10.5. The summed E-state index contributed by atoms with van der Waals surface area (Å²) in [6.07, 6.45) is 0. The zero-order chi connectivity index (χ0) is 6.73. The van der Waals surface area contributed by atoms with Crippen LogP contribution in [0.2, 0.25) is 0 Å². The van der Waals surface area contributed by atoms with Crippen LogP contribution in [0.25, 0.3) is 0 Å². The predicted octanol–water partition coefficient (Wildman–Crippen LogP) is 1.47. The van der Waals surface area contributed by atoms with Crippen molar-refractivity contribution in [3.8, 4) is 0 Å². The summed E-state index contributed by atoms with van der Waals surface area (Å²) in [6.45, 7) is 3.44. The Morgan fingerprint density at radius 2 is 2.00 bits per heavy atom. The molecule has 0 heterocycles. The van der Waals surface area contributed by atoms with Crippen LogP contribution in [-0.2, 0) is 4.79 Å². The highest BCUT2D eigenvalue weighted by molar-refractivity contribution is 9.11. The van der Waals surface area contributed by atoms with Crippen molar-refractivity contribution in [2.45, 2.75) is 13.8 Å². The number of ketones is 1. The van der Waals surface area contributed by atoms with Crippen LogP contribution < -0.4 is 0 Å². The number of carbonyl (C=O) groups is 1. The lowest BCUT2D eigenvalue weighted by molar-refractivity contribution is -0.121. The fourth-order valence-corrected chi connectivity index (χ4v) is 0.696. The first-order valence-corrected chi connectivity index (χ1v) is 3.10. The molecule has 0 saturated heterocycles. The van der Waals surface area contributed by atoms with Crippen molar-refractivity contribution in [2.75, 3.05) is 0 Å². The van der Waals surface area contributed by atoms with Gasteiger partial charge in [-0.15, -0.1) is 0 Å². The van der Waals surface area contributed by atoms with Crippen molar-refractivity contribution in [1.82, 2.24) is 0 Å². The maximum atomic E-state index is 10.5. The molecule has 0 unspecified atom stereocenters. The van der Waals surface area contributed by atoms with Gasteiger partial charge in [-0.3, -0.25) is 4.79 Å². The Bertz CT molecular complexity index is 78.4. The van der Waals surface area contributed by atoms with E-state index in [4.69, 9.17) is 5.11 Å². The van der Waals surface area contributed by atoms with Gasteiger partial charge >= 0.3 is 0 Å². The van der Waals surface area contributed by atoms with Crippen molar-refractivity contribution in [1.29, 1.82) is 0 Å². The smallest absolute Gasteiger partial charge is 0.225 e. The van der Waals surface area contributed by atoms with E-state index in [1.54, 1.807) is 13.8 Å². The van der Waals surface area contributed by atoms with E-state index in [-0.39, 0.29) is 16.7 Å². The summed E-state index contributed by atoms with van der Waals surface area (Å²) < 4.78 is 0. The summed E-state index contributed by atoms with van der Waals surface area (Å²) in [5.74, 6) is -0.389. The van der Waals surface area contributed by atoms with Gasteiger partial charge in [0.05, 0.1) is 0 Å². The van der Waals surface area contributed by atoms with Crippen LogP contribution >= 0.6 is 15.9 Å². The highest BCUT2D eigenvalue weighted by atomic mass is 79.9. The maximum Gasteiger partial charge on any atom is 0.225 e. The lowest BCUT2D eigenvalue weighted by Gasteiger charge is -2.01. The minimum absolute atomic E-state index is 0.130. The SMILES string of the molecule is CC(C)C(=O)[C](O)Br. The summed E-state index contributed by atoms with van der Waals surface area (Å²) >= 11 is 2.66. The van der Waals surface area contributed by atoms with E-state index in [1.165, 1.54) is 0 Å². The van der Waals surface area contributed by atoms with E-state index in [2.05, 4.69) is 15.9 Å². The number of aliphatic hydroxyl groups is 1. The van der Waals surface area contributed by atoms with Gasteiger partial charge in [0.25, 0.3) is 0 Å². The molecule has 0 fully saturated rings. The molecule has 0 aliphatic heterocycles. The fourth-order valence-electron chi connectivity index (χ4n) is 0.238. The normalized spacial score (nSPS) is 10.8. The molecule has 0 amide bonds. The van der Waals surface area contributed by atoms with Crippen LogP contribution in [0.4, 0.5) is 0 Å². The fraction of sp³-hybridized carbons (Fsp3) is 0.600. The molecule has 0 aliphatic rings. The van der Waals surface area contributed by atoms with E-state index in [0.29, 0.717) is 0 Å². The first-order chi connectivity index (χ1) is 3.55. The summed E-state index contributed by atoms with van der Waals surface area (Å²) in [5.41, 5.74) is 0. The molecule has 0 aromatic carbocycles. The van der Waals surface area contributed by atoms with Gasteiger partial charge in [-0.05, 0) is 15.9 Å². The summed E-state index contributed by atoms with van der Waals surface area (Å²) in [7, 11) is 0. The topological polar surface area (TPSA) is 37.3 Å². The molecule has 0 atom stereocenters. The number of aliphatic hydroxyl groups excluding tert-OH is 1. The first kappa shape index (κ1) is 8.11. The van der Waals surface area contributed by atoms with E-state index in [9.17, 15) is 4.79 Å². The quantitative estimate of drug-likeness (QED) is 0.698. The van der Waals surface area contributed by atoms with Crippen LogP contribution in [0.3, 0.4) is 0 Å². The van der Waals surface area contributed by atoms with Gasteiger partial charge in [-0.25, -0.2) is 0 Å². The predicted molar refractivity (Wildman–Crippen MR) is 34.0 cm³/mol. The molecular formula is C5H8BrO2. The van der Waals surface area contributed by atoms with Crippen LogP contribution in [0.1, 0.15) is 13.8 Å². The molecule has 1 N–H and O–H groups in total. The molecule has 2 nitrogen and oxygen atoms in total. The lowest BCUT2D eigenvalue weighted by atomic mass is 10.1. The van der Waals surface area contributed by atoms with Crippen molar-refractivity contribution < 1.29 is 9.90 Å². The molecule has 1 radical (unpaired) electrons. The number of Topliss-reactive ketones (excluding diaryl/α,β-unsaturated/α-hetero) is 1. The van der Waals surface area contributed by atoms with Crippen molar-refractivity contribution in [2.24, 2.45) is 5.92 Å². The third-order valence-corrected chi connectivity index (χ3v) is 1.12. The average molecular weight is 180 g/mol. The van der Waals surface area contributed by atoms with Gasteiger partial charge in [-0.2, -0.15) is 0 Å². The Morgan fingerprint density at radius 3 is 2.00 bits per heavy atom. The molecular weight excluding hydrogens is 172 g/mol. The van der Waals surface area contributed by atoms with Crippen LogP contribution in [0, 0.1) is 10.9 Å². The van der Waals surface area contributed by atoms with Gasteiger partial charge in [0.2, 0.25) is 5.01 Å². The highest BCUT2D eigenvalue weighted by Gasteiger charge is 2.15. The zero-order valence-corrected chi connectivity index (χ0v) is 6.40. The van der Waals surface area contributed by atoms with Crippen molar-refractivity contribution in [3.63, 3.8) is 0 Å². The molecule has 0 saturated carbocycles. The Kier molecular flexibility index (Phi) is 3.24.